The van der Waals surface area contributed by atoms with Crippen LogP contribution in [-0.4, -0.2) is 11.4 Å². The fraction of sp³-hybridized carbons (Fsp3) is 0.154. The van der Waals surface area contributed by atoms with Crippen LogP contribution in [0.4, 0.5) is 0 Å². The van der Waals surface area contributed by atoms with E-state index in [9.17, 15) is 9.90 Å². The zero-order chi connectivity index (χ0) is 12.5. The van der Waals surface area contributed by atoms with Crippen molar-refractivity contribution >= 4 is 33.6 Å². The second-order valence-corrected chi connectivity index (χ2v) is 5.80. The average Bonchev–Trinajstić information content (AvgIpc) is 2.78. The van der Waals surface area contributed by atoms with Crippen molar-refractivity contribution < 1.29 is 9.90 Å². The third-order valence-electron chi connectivity index (χ3n) is 2.68. The van der Waals surface area contributed by atoms with E-state index in [4.69, 9.17) is 0 Å². The lowest BCUT2D eigenvalue weighted by Crippen LogP contribution is -2.21. The first-order valence-electron chi connectivity index (χ1n) is 5.06. The summed E-state index contributed by atoms with van der Waals surface area (Å²) in [5.74, 6) is 0. The molecule has 1 heterocycles. The highest BCUT2D eigenvalue weighted by molar-refractivity contribution is 9.10. The monoisotopic (exact) mass is 310 g/mol. The predicted octanol–water partition coefficient (Wildman–Crippen LogP) is 3.58. The zero-order valence-electron chi connectivity index (χ0n) is 9.18. The molecule has 0 fully saturated rings. The maximum Gasteiger partial charge on any atom is 0.160 e. The molecule has 0 aliphatic rings. The average molecular weight is 311 g/mol. The van der Waals surface area contributed by atoms with Gasteiger partial charge in [0.15, 0.2) is 6.29 Å². The molecule has 1 aromatic carbocycles. The topological polar surface area (TPSA) is 37.3 Å². The van der Waals surface area contributed by atoms with Gasteiger partial charge in [-0.05, 0) is 41.6 Å². The van der Waals surface area contributed by atoms with Gasteiger partial charge in [-0.3, -0.25) is 4.79 Å². The molecule has 1 aromatic heterocycles. The summed E-state index contributed by atoms with van der Waals surface area (Å²) in [6.07, 6.45) is 0.797. The van der Waals surface area contributed by atoms with Crippen molar-refractivity contribution in [3.05, 3.63) is 56.2 Å². The molecule has 0 aliphatic heterocycles. The second kappa shape index (κ2) is 4.72. The summed E-state index contributed by atoms with van der Waals surface area (Å²) in [6, 6.07) is 9.24. The van der Waals surface area contributed by atoms with Gasteiger partial charge < -0.3 is 5.11 Å². The molecule has 0 saturated heterocycles. The third-order valence-corrected chi connectivity index (χ3v) is 4.04. The minimum atomic E-state index is -1.08. The Bertz CT molecular complexity index is 546. The van der Waals surface area contributed by atoms with Gasteiger partial charge in [0, 0.05) is 4.47 Å². The minimum absolute atomic E-state index is 0.621. The van der Waals surface area contributed by atoms with E-state index in [-0.39, 0.29) is 0 Å². The van der Waals surface area contributed by atoms with E-state index in [1.54, 1.807) is 13.0 Å². The fourth-order valence-electron chi connectivity index (χ4n) is 1.63. The van der Waals surface area contributed by atoms with Gasteiger partial charge in [-0.25, -0.2) is 0 Å². The number of hydrogen-bond donors (Lipinski definition) is 1. The molecule has 0 saturated carbocycles. The number of hydrogen-bond acceptors (Lipinski definition) is 3. The quantitative estimate of drug-likeness (QED) is 0.880. The molecule has 2 aromatic rings. The Kier molecular flexibility index (Phi) is 3.47. The Balaban J connectivity index is 2.44. The van der Waals surface area contributed by atoms with E-state index in [0.717, 1.165) is 21.9 Å². The van der Waals surface area contributed by atoms with E-state index in [1.807, 2.05) is 29.6 Å². The summed E-state index contributed by atoms with van der Waals surface area (Å²) in [5.41, 5.74) is 0.450. The van der Waals surface area contributed by atoms with E-state index in [1.165, 1.54) is 11.3 Å². The molecule has 1 atom stereocenters. The lowest BCUT2D eigenvalue weighted by atomic mass is 9.90. The zero-order valence-corrected chi connectivity index (χ0v) is 11.6. The van der Waals surface area contributed by atoms with Crippen molar-refractivity contribution in [3.63, 3.8) is 0 Å². The summed E-state index contributed by atoms with van der Waals surface area (Å²) < 4.78 is 0.918. The molecule has 0 bridgehead atoms. The molecule has 0 amide bonds. The Morgan fingerprint density at radius 1 is 1.35 bits per heavy atom. The Hall–Kier alpha value is -0.970. The first kappa shape index (κ1) is 12.5. The van der Waals surface area contributed by atoms with Gasteiger partial charge >= 0.3 is 0 Å². The van der Waals surface area contributed by atoms with Crippen LogP contribution in [0.15, 0.2) is 40.2 Å². The number of benzene rings is 1. The van der Waals surface area contributed by atoms with E-state index in [2.05, 4.69) is 15.9 Å². The molecular formula is C13H11BrO2S. The first-order chi connectivity index (χ1) is 8.04. The number of rotatable bonds is 3. The first-order valence-corrected chi connectivity index (χ1v) is 6.74. The molecule has 4 heteroatoms. The van der Waals surface area contributed by atoms with Crippen molar-refractivity contribution in [2.24, 2.45) is 0 Å². The summed E-state index contributed by atoms with van der Waals surface area (Å²) in [4.78, 5) is 11.3. The van der Waals surface area contributed by atoms with Crippen LogP contribution in [0.3, 0.4) is 0 Å². The maximum atomic E-state index is 10.7. The molecule has 2 rings (SSSR count). The van der Waals surface area contributed by atoms with Gasteiger partial charge in [0.1, 0.15) is 5.60 Å². The Labute approximate surface area is 112 Å². The van der Waals surface area contributed by atoms with Crippen molar-refractivity contribution in [1.29, 1.82) is 0 Å². The molecule has 1 unspecified atom stereocenters. The van der Waals surface area contributed by atoms with Crippen LogP contribution in [0.25, 0.3) is 0 Å². The van der Waals surface area contributed by atoms with Gasteiger partial charge in [-0.1, -0.05) is 28.1 Å². The minimum Gasteiger partial charge on any atom is -0.381 e. The highest BCUT2D eigenvalue weighted by atomic mass is 79.9. The summed E-state index contributed by atoms with van der Waals surface area (Å²) in [5, 5.41) is 12.4. The smallest absolute Gasteiger partial charge is 0.160 e. The van der Waals surface area contributed by atoms with Crippen LogP contribution >= 0.6 is 27.3 Å². The van der Waals surface area contributed by atoms with E-state index in [0.29, 0.717) is 4.88 Å². The highest BCUT2D eigenvalue weighted by Gasteiger charge is 2.26. The van der Waals surface area contributed by atoms with Gasteiger partial charge in [-0.2, -0.15) is 0 Å². The molecule has 2 nitrogen and oxygen atoms in total. The molecule has 0 spiro atoms. The van der Waals surface area contributed by atoms with Crippen molar-refractivity contribution in [3.8, 4) is 0 Å². The van der Waals surface area contributed by atoms with Crippen LogP contribution in [-0.2, 0) is 5.60 Å². The van der Waals surface area contributed by atoms with Crippen molar-refractivity contribution in [2.45, 2.75) is 12.5 Å². The van der Waals surface area contributed by atoms with Crippen LogP contribution in [0, 0.1) is 0 Å². The molecule has 17 heavy (non-hydrogen) atoms. The van der Waals surface area contributed by atoms with Gasteiger partial charge in [0.2, 0.25) is 0 Å². The number of aliphatic hydroxyl groups is 1. The highest BCUT2D eigenvalue weighted by Crippen LogP contribution is 2.32. The van der Waals surface area contributed by atoms with Gasteiger partial charge in [-0.15, -0.1) is 11.3 Å². The van der Waals surface area contributed by atoms with Crippen LogP contribution in [0.5, 0.6) is 0 Å². The maximum absolute atomic E-state index is 10.7. The Morgan fingerprint density at radius 2 is 2.12 bits per heavy atom. The molecule has 0 radical (unpaired) electrons. The number of carbonyl (C=O) groups excluding carboxylic acids is 1. The number of thiophene rings is 1. The fourth-order valence-corrected chi connectivity index (χ4v) is 2.84. The standard InChI is InChI=1S/C13H11BrO2S/c1-13(16,9-3-2-4-11(14)5-9)10-6-12(7-15)17-8-10/h2-8,16H,1H3. The van der Waals surface area contributed by atoms with Crippen LogP contribution < -0.4 is 0 Å². The number of aldehydes is 1. The molecule has 88 valence electrons. The number of carbonyl (C=O) groups is 1. The van der Waals surface area contributed by atoms with Crippen molar-refractivity contribution in [1.82, 2.24) is 0 Å². The van der Waals surface area contributed by atoms with Gasteiger partial charge in [0.05, 0.1) is 4.88 Å². The molecular weight excluding hydrogens is 300 g/mol. The third kappa shape index (κ3) is 2.49. The van der Waals surface area contributed by atoms with Gasteiger partial charge in [0.25, 0.3) is 0 Å². The molecule has 0 aliphatic carbocycles. The van der Waals surface area contributed by atoms with E-state index < -0.39 is 5.60 Å². The summed E-state index contributed by atoms with van der Waals surface area (Å²) in [6.45, 7) is 1.73. The van der Waals surface area contributed by atoms with Crippen molar-refractivity contribution in [2.75, 3.05) is 0 Å². The molecule has 1 N–H and O–H groups in total. The van der Waals surface area contributed by atoms with E-state index >= 15 is 0 Å². The lowest BCUT2D eigenvalue weighted by molar-refractivity contribution is 0.103. The summed E-state index contributed by atoms with van der Waals surface area (Å²) in [7, 11) is 0. The Morgan fingerprint density at radius 3 is 2.71 bits per heavy atom. The normalized spacial score (nSPS) is 14.3. The van der Waals surface area contributed by atoms with Crippen LogP contribution in [0.1, 0.15) is 27.7 Å². The number of halogens is 1. The largest absolute Gasteiger partial charge is 0.381 e. The predicted molar refractivity (Wildman–Crippen MR) is 72.5 cm³/mol. The SMILES string of the molecule is CC(O)(c1cccc(Br)c1)c1csc(C=O)c1. The lowest BCUT2D eigenvalue weighted by Gasteiger charge is -2.23. The van der Waals surface area contributed by atoms with Crippen LogP contribution in [0.2, 0.25) is 0 Å². The summed E-state index contributed by atoms with van der Waals surface area (Å²) >= 11 is 4.72. The second-order valence-electron chi connectivity index (χ2n) is 3.94.